The lowest BCUT2D eigenvalue weighted by atomic mass is 9.80. The lowest BCUT2D eigenvalue weighted by Gasteiger charge is -2.34. The van der Waals surface area contributed by atoms with Gasteiger partial charge < -0.3 is 19.9 Å². The summed E-state index contributed by atoms with van der Waals surface area (Å²) in [7, 11) is 0. The molecule has 3 aliphatic heterocycles. The van der Waals surface area contributed by atoms with Crippen LogP contribution < -0.4 is 10.5 Å². The molecule has 0 fully saturated rings. The zero-order valence-corrected chi connectivity index (χ0v) is 18.8. The Morgan fingerprint density at radius 3 is 2.68 bits per heavy atom. The summed E-state index contributed by atoms with van der Waals surface area (Å²) in [5, 5.41) is 0. The van der Waals surface area contributed by atoms with E-state index in [0.717, 1.165) is 28.8 Å². The van der Waals surface area contributed by atoms with Crippen LogP contribution in [0.1, 0.15) is 37.1 Å². The maximum atomic E-state index is 14.5. The van der Waals surface area contributed by atoms with E-state index in [1.807, 2.05) is 32.0 Å². The number of nitrogens with zero attached hydrogens (tertiary/aromatic N) is 3. The molecule has 0 aliphatic carbocycles. The molecule has 5 heterocycles. The van der Waals surface area contributed by atoms with E-state index in [4.69, 9.17) is 24.9 Å². The minimum atomic E-state index is -0.930. The summed E-state index contributed by atoms with van der Waals surface area (Å²) < 4.78 is 32.2. The molecule has 3 aliphatic rings. The number of rotatable bonds is 2. The van der Waals surface area contributed by atoms with Gasteiger partial charge in [0.15, 0.2) is 11.3 Å². The van der Waals surface area contributed by atoms with Gasteiger partial charge >= 0.3 is 0 Å². The first-order valence-electron chi connectivity index (χ1n) is 11.1. The third-order valence-electron chi connectivity index (χ3n) is 6.45. The number of aliphatic imine (C=N–C) groups is 1. The van der Waals surface area contributed by atoms with Gasteiger partial charge in [-0.15, -0.1) is 0 Å². The van der Waals surface area contributed by atoms with E-state index in [9.17, 15) is 4.39 Å². The topological polar surface area (TPSA) is 91.9 Å². The van der Waals surface area contributed by atoms with Crippen molar-refractivity contribution in [3.8, 4) is 22.6 Å². The van der Waals surface area contributed by atoms with Gasteiger partial charge in [0.05, 0.1) is 24.1 Å². The van der Waals surface area contributed by atoms with Gasteiger partial charge in [-0.25, -0.2) is 9.98 Å². The van der Waals surface area contributed by atoms with Crippen molar-refractivity contribution in [2.45, 2.75) is 31.4 Å². The fourth-order valence-electron chi connectivity index (χ4n) is 4.86. The highest BCUT2D eigenvalue weighted by Gasteiger charge is 2.47. The number of hydrogen-bond donors (Lipinski definition) is 1. The second kappa shape index (κ2) is 7.36. The summed E-state index contributed by atoms with van der Waals surface area (Å²) in [6.07, 6.45) is 6.00. The first-order valence-corrected chi connectivity index (χ1v) is 11.1. The first kappa shape index (κ1) is 20.8. The average Bonchev–Trinajstić information content (AvgIpc) is 3.21. The van der Waals surface area contributed by atoms with Crippen LogP contribution in [-0.2, 0) is 15.0 Å². The minimum absolute atomic E-state index is 0.0986. The van der Waals surface area contributed by atoms with Gasteiger partial charge in [0, 0.05) is 22.9 Å². The van der Waals surface area contributed by atoms with Crippen molar-refractivity contribution >= 4 is 11.6 Å². The van der Waals surface area contributed by atoms with Crippen molar-refractivity contribution in [3.63, 3.8) is 0 Å². The fraction of sp³-hybridized carbons (Fsp3) is 0.269. The molecule has 172 valence electrons. The predicted molar refractivity (Wildman–Crippen MR) is 125 cm³/mol. The van der Waals surface area contributed by atoms with Gasteiger partial charge in [-0.05, 0) is 67.8 Å². The molecule has 0 amide bonds. The standard InChI is InChI=1S/C26H23FN4O3/c1-25(2)12-16(7-9-33-25)20-11-19-22(13-30-20)34-21-6-5-15(17-4-3-8-29-23(17)27)10-18(21)26(19)14-32-24(28)31-26/h3-6,8,10-13H,7,9,14H2,1-2H3,(H2,28,31)/t26-/m0/s1. The summed E-state index contributed by atoms with van der Waals surface area (Å²) in [6, 6.07) is 11.0. The van der Waals surface area contributed by atoms with Crippen molar-refractivity contribution in [3.05, 3.63) is 77.6 Å². The molecule has 6 rings (SSSR count). The molecule has 3 aromatic rings. The second-order valence-corrected chi connectivity index (χ2v) is 9.19. The van der Waals surface area contributed by atoms with Crippen LogP contribution in [0.25, 0.3) is 16.7 Å². The van der Waals surface area contributed by atoms with E-state index in [-0.39, 0.29) is 18.2 Å². The number of halogens is 1. The largest absolute Gasteiger partial charge is 0.462 e. The fourth-order valence-corrected chi connectivity index (χ4v) is 4.86. The van der Waals surface area contributed by atoms with Gasteiger partial charge in [0.25, 0.3) is 6.02 Å². The molecular weight excluding hydrogens is 435 g/mol. The smallest absolute Gasteiger partial charge is 0.283 e. The van der Waals surface area contributed by atoms with Crippen molar-refractivity contribution in [2.24, 2.45) is 10.7 Å². The van der Waals surface area contributed by atoms with E-state index in [2.05, 4.69) is 16.0 Å². The molecular formula is C26H23FN4O3. The number of ether oxygens (including phenoxy) is 3. The summed E-state index contributed by atoms with van der Waals surface area (Å²) in [5.74, 6) is 0.647. The van der Waals surface area contributed by atoms with Gasteiger partial charge in [-0.1, -0.05) is 6.07 Å². The molecule has 1 atom stereocenters. The van der Waals surface area contributed by atoms with Crippen LogP contribution in [0.4, 0.5) is 4.39 Å². The Morgan fingerprint density at radius 1 is 1.06 bits per heavy atom. The Balaban J connectivity index is 1.53. The third-order valence-corrected chi connectivity index (χ3v) is 6.45. The summed E-state index contributed by atoms with van der Waals surface area (Å²) >= 11 is 0. The van der Waals surface area contributed by atoms with E-state index >= 15 is 0 Å². The van der Waals surface area contributed by atoms with Crippen molar-refractivity contribution in [2.75, 3.05) is 13.2 Å². The molecule has 0 saturated carbocycles. The maximum Gasteiger partial charge on any atom is 0.283 e. The molecule has 2 N–H and O–H groups in total. The zero-order valence-electron chi connectivity index (χ0n) is 18.8. The van der Waals surface area contributed by atoms with Gasteiger partial charge in [0.2, 0.25) is 5.95 Å². The highest BCUT2D eigenvalue weighted by atomic mass is 19.1. The van der Waals surface area contributed by atoms with Crippen LogP contribution >= 0.6 is 0 Å². The monoisotopic (exact) mass is 458 g/mol. The predicted octanol–water partition coefficient (Wildman–Crippen LogP) is 4.56. The SMILES string of the molecule is CC1(C)C=C(c2cc3c(cn2)Oc2ccc(-c4cccnc4F)cc2[C@@]32COC(N)=N2)CCO1. The van der Waals surface area contributed by atoms with Gasteiger partial charge in [-0.2, -0.15) is 4.39 Å². The van der Waals surface area contributed by atoms with Crippen LogP contribution in [0.5, 0.6) is 11.5 Å². The number of pyridine rings is 2. The van der Waals surface area contributed by atoms with Gasteiger partial charge in [-0.3, -0.25) is 4.98 Å². The molecule has 8 heteroatoms. The van der Waals surface area contributed by atoms with E-state index in [1.54, 1.807) is 24.4 Å². The Labute approximate surface area is 196 Å². The molecule has 2 aromatic heterocycles. The van der Waals surface area contributed by atoms with E-state index in [1.165, 1.54) is 6.20 Å². The molecule has 0 bridgehead atoms. The van der Waals surface area contributed by atoms with E-state index in [0.29, 0.717) is 29.2 Å². The number of aromatic nitrogens is 2. The van der Waals surface area contributed by atoms with Crippen molar-refractivity contribution in [1.29, 1.82) is 0 Å². The molecule has 7 nitrogen and oxygen atoms in total. The molecule has 0 unspecified atom stereocenters. The Bertz CT molecular complexity index is 1380. The Hall–Kier alpha value is -3.78. The zero-order chi connectivity index (χ0) is 23.5. The quantitative estimate of drug-likeness (QED) is 0.566. The van der Waals surface area contributed by atoms with Crippen molar-refractivity contribution in [1.82, 2.24) is 9.97 Å². The Morgan fingerprint density at radius 2 is 1.91 bits per heavy atom. The molecule has 34 heavy (non-hydrogen) atoms. The molecule has 1 spiro atoms. The Kier molecular flexibility index (Phi) is 4.50. The lowest BCUT2D eigenvalue weighted by Crippen LogP contribution is -2.31. The number of amidine groups is 1. The summed E-state index contributed by atoms with van der Waals surface area (Å²) in [6.45, 7) is 4.88. The summed E-state index contributed by atoms with van der Waals surface area (Å²) in [5.41, 5.74) is 9.27. The van der Waals surface area contributed by atoms with E-state index < -0.39 is 11.5 Å². The summed E-state index contributed by atoms with van der Waals surface area (Å²) in [4.78, 5) is 13.2. The minimum Gasteiger partial charge on any atom is -0.462 e. The maximum absolute atomic E-state index is 14.5. The second-order valence-electron chi connectivity index (χ2n) is 9.19. The van der Waals surface area contributed by atoms with Crippen LogP contribution in [0.15, 0.2) is 59.9 Å². The van der Waals surface area contributed by atoms with Crippen LogP contribution in [0.3, 0.4) is 0 Å². The third kappa shape index (κ3) is 3.25. The van der Waals surface area contributed by atoms with Crippen molar-refractivity contribution < 1.29 is 18.6 Å². The normalized spacial score (nSPS) is 22.2. The van der Waals surface area contributed by atoms with Crippen LogP contribution in [0, 0.1) is 5.95 Å². The molecule has 1 aromatic carbocycles. The van der Waals surface area contributed by atoms with Crippen LogP contribution in [0.2, 0.25) is 0 Å². The number of hydrogen-bond acceptors (Lipinski definition) is 7. The molecule has 0 saturated heterocycles. The van der Waals surface area contributed by atoms with Crippen LogP contribution in [-0.4, -0.2) is 34.8 Å². The molecule has 0 radical (unpaired) electrons. The lowest BCUT2D eigenvalue weighted by molar-refractivity contribution is 0.0164. The number of fused-ring (bicyclic) bond motifs is 4. The number of nitrogens with two attached hydrogens (primary N) is 1. The average molecular weight is 458 g/mol. The first-order chi connectivity index (χ1) is 16.3. The highest BCUT2D eigenvalue weighted by molar-refractivity contribution is 5.78. The van der Waals surface area contributed by atoms with Gasteiger partial charge in [0.1, 0.15) is 12.4 Å². The number of benzene rings is 1. The highest BCUT2D eigenvalue weighted by Crippen LogP contribution is 2.52.